The highest BCUT2D eigenvalue weighted by Crippen LogP contribution is 2.16. The maximum absolute atomic E-state index is 5.11. The summed E-state index contributed by atoms with van der Waals surface area (Å²) in [5, 5.41) is 3.42. The number of methoxy groups -OCH3 is 1. The summed E-state index contributed by atoms with van der Waals surface area (Å²) in [6.07, 6.45) is 4.09. The number of nitrogens with zero attached hydrogens (tertiary/aromatic N) is 1. The molecule has 1 aliphatic heterocycles. The summed E-state index contributed by atoms with van der Waals surface area (Å²) in [7, 11) is 1.78. The molecule has 1 N–H and O–H groups in total. The van der Waals surface area contributed by atoms with Crippen LogP contribution in [0.1, 0.15) is 26.2 Å². The minimum absolute atomic E-state index is 0.861. The molecule has 0 aliphatic carbocycles. The summed E-state index contributed by atoms with van der Waals surface area (Å²) >= 11 is 0. The second kappa shape index (κ2) is 8.08. The number of nitrogens with one attached hydrogen (secondary N) is 1. The Bertz CT molecular complexity index is 147. The van der Waals surface area contributed by atoms with Gasteiger partial charge in [0.2, 0.25) is 0 Å². The third-order valence-corrected chi connectivity index (χ3v) is 3.37. The van der Waals surface area contributed by atoms with Crippen LogP contribution in [0.3, 0.4) is 0 Å². The molecular formula is C12H26N2O. The molecule has 0 spiro atoms. The van der Waals surface area contributed by atoms with Gasteiger partial charge in [0.05, 0.1) is 6.61 Å². The van der Waals surface area contributed by atoms with Crippen molar-refractivity contribution in [1.82, 2.24) is 10.2 Å². The van der Waals surface area contributed by atoms with Gasteiger partial charge in [0, 0.05) is 13.7 Å². The van der Waals surface area contributed by atoms with Crippen molar-refractivity contribution < 1.29 is 4.74 Å². The zero-order valence-electron chi connectivity index (χ0n) is 10.3. The second-order valence-electron chi connectivity index (χ2n) is 4.41. The number of ether oxygens (including phenoxy) is 1. The SMILES string of the molecule is CCN(CCOC)CCC1CCNCC1. The van der Waals surface area contributed by atoms with Crippen LogP contribution in [0.2, 0.25) is 0 Å². The van der Waals surface area contributed by atoms with Crippen molar-refractivity contribution in [3.8, 4) is 0 Å². The molecule has 1 saturated heterocycles. The van der Waals surface area contributed by atoms with Crippen molar-refractivity contribution in [3.63, 3.8) is 0 Å². The van der Waals surface area contributed by atoms with Crippen LogP contribution >= 0.6 is 0 Å². The van der Waals surface area contributed by atoms with E-state index in [1.54, 1.807) is 7.11 Å². The predicted octanol–water partition coefficient (Wildman–Crippen LogP) is 1.34. The maximum Gasteiger partial charge on any atom is 0.0589 e. The lowest BCUT2D eigenvalue weighted by molar-refractivity contribution is 0.144. The van der Waals surface area contributed by atoms with Gasteiger partial charge in [-0.05, 0) is 51.4 Å². The third-order valence-electron chi connectivity index (χ3n) is 3.37. The molecule has 0 aromatic rings. The van der Waals surface area contributed by atoms with Gasteiger partial charge in [-0.25, -0.2) is 0 Å². The van der Waals surface area contributed by atoms with Crippen molar-refractivity contribution in [2.45, 2.75) is 26.2 Å². The molecule has 1 fully saturated rings. The molecule has 0 atom stereocenters. The third kappa shape index (κ3) is 5.50. The van der Waals surface area contributed by atoms with E-state index in [-0.39, 0.29) is 0 Å². The quantitative estimate of drug-likeness (QED) is 0.692. The van der Waals surface area contributed by atoms with Gasteiger partial charge in [0.25, 0.3) is 0 Å². The first-order valence-corrected chi connectivity index (χ1v) is 6.28. The molecule has 3 heteroatoms. The van der Waals surface area contributed by atoms with Gasteiger partial charge in [0.1, 0.15) is 0 Å². The van der Waals surface area contributed by atoms with E-state index in [0.29, 0.717) is 0 Å². The van der Waals surface area contributed by atoms with Gasteiger partial charge >= 0.3 is 0 Å². The number of hydrogen-bond donors (Lipinski definition) is 1. The minimum Gasteiger partial charge on any atom is -0.383 e. The fraction of sp³-hybridized carbons (Fsp3) is 1.00. The Kier molecular flexibility index (Phi) is 6.98. The van der Waals surface area contributed by atoms with Crippen LogP contribution in [0, 0.1) is 5.92 Å². The van der Waals surface area contributed by atoms with E-state index in [2.05, 4.69) is 17.1 Å². The van der Waals surface area contributed by atoms with Crippen LogP contribution in [0.15, 0.2) is 0 Å². The summed E-state index contributed by atoms with van der Waals surface area (Å²) < 4.78 is 5.11. The smallest absolute Gasteiger partial charge is 0.0589 e. The van der Waals surface area contributed by atoms with Crippen molar-refractivity contribution in [3.05, 3.63) is 0 Å². The largest absolute Gasteiger partial charge is 0.383 e. The molecule has 0 bridgehead atoms. The summed E-state index contributed by atoms with van der Waals surface area (Å²) in [6.45, 7) is 9.00. The van der Waals surface area contributed by atoms with Crippen LogP contribution in [0.4, 0.5) is 0 Å². The molecule has 90 valence electrons. The van der Waals surface area contributed by atoms with Crippen molar-refractivity contribution in [1.29, 1.82) is 0 Å². The van der Waals surface area contributed by atoms with Crippen LogP contribution in [0.5, 0.6) is 0 Å². The van der Waals surface area contributed by atoms with E-state index in [4.69, 9.17) is 4.74 Å². The number of piperidine rings is 1. The molecule has 0 saturated carbocycles. The summed E-state index contributed by atoms with van der Waals surface area (Å²) in [6, 6.07) is 0. The molecule has 0 unspecified atom stereocenters. The Morgan fingerprint density at radius 1 is 1.27 bits per heavy atom. The Balaban J connectivity index is 2.09. The Morgan fingerprint density at radius 3 is 2.60 bits per heavy atom. The molecule has 1 rings (SSSR count). The summed E-state index contributed by atoms with van der Waals surface area (Å²) in [4.78, 5) is 2.49. The van der Waals surface area contributed by atoms with E-state index in [1.165, 1.54) is 38.9 Å². The highest BCUT2D eigenvalue weighted by atomic mass is 16.5. The molecule has 0 amide bonds. The standard InChI is InChI=1S/C12H26N2O/c1-3-14(10-11-15-2)9-6-12-4-7-13-8-5-12/h12-13H,3-11H2,1-2H3. The van der Waals surface area contributed by atoms with Crippen molar-refractivity contribution in [2.75, 3.05) is 46.4 Å². The van der Waals surface area contributed by atoms with Gasteiger partial charge < -0.3 is 15.0 Å². The topological polar surface area (TPSA) is 24.5 Å². The van der Waals surface area contributed by atoms with Gasteiger partial charge in [-0.2, -0.15) is 0 Å². The molecule has 15 heavy (non-hydrogen) atoms. The maximum atomic E-state index is 5.11. The molecule has 0 aromatic carbocycles. The highest BCUT2D eigenvalue weighted by molar-refractivity contribution is 4.70. The van der Waals surface area contributed by atoms with Crippen LogP contribution < -0.4 is 5.32 Å². The van der Waals surface area contributed by atoms with E-state index in [1.807, 2.05) is 0 Å². The molecule has 0 aromatic heterocycles. The Hall–Kier alpha value is -0.120. The fourth-order valence-electron chi connectivity index (χ4n) is 2.18. The monoisotopic (exact) mass is 214 g/mol. The average Bonchev–Trinajstić information content (AvgIpc) is 2.31. The van der Waals surface area contributed by atoms with Crippen LogP contribution in [-0.4, -0.2) is 51.3 Å². The first kappa shape index (κ1) is 12.9. The molecule has 1 heterocycles. The van der Waals surface area contributed by atoms with E-state index in [9.17, 15) is 0 Å². The fourth-order valence-corrected chi connectivity index (χ4v) is 2.18. The Morgan fingerprint density at radius 2 is 2.00 bits per heavy atom. The van der Waals surface area contributed by atoms with Crippen molar-refractivity contribution in [2.24, 2.45) is 5.92 Å². The van der Waals surface area contributed by atoms with Crippen molar-refractivity contribution >= 4 is 0 Å². The lowest BCUT2D eigenvalue weighted by Gasteiger charge is -2.26. The van der Waals surface area contributed by atoms with Gasteiger partial charge in [-0.3, -0.25) is 0 Å². The van der Waals surface area contributed by atoms with Crippen LogP contribution in [-0.2, 0) is 4.74 Å². The first-order chi connectivity index (χ1) is 7.36. The Labute approximate surface area is 94.2 Å². The predicted molar refractivity (Wildman–Crippen MR) is 64.2 cm³/mol. The normalized spacial score (nSPS) is 18.6. The molecule has 1 aliphatic rings. The second-order valence-corrected chi connectivity index (χ2v) is 4.41. The zero-order chi connectivity index (χ0) is 10.9. The molecular weight excluding hydrogens is 188 g/mol. The van der Waals surface area contributed by atoms with E-state index in [0.717, 1.165) is 25.6 Å². The average molecular weight is 214 g/mol. The van der Waals surface area contributed by atoms with Gasteiger partial charge in [-0.15, -0.1) is 0 Å². The molecule has 3 nitrogen and oxygen atoms in total. The van der Waals surface area contributed by atoms with E-state index < -0.39 is 0 Å². The number of likely N-dealkylation sites (N-methyl/N-ethyl adjacent to an activating group) is 1. The minimum atomic E-state index is 0.861. The zero-order valence-corrected chi connectivity index (χ0v) is 10.3. The number of rotatable bonds is 7. The van der Waals surface area contributed by atoms with Crippen LogP contribution in [0.25, 0.3) is 0 Å². The molecule has 0 radical (unpaired) electrons. The van der Waals surface area contributed by atoms with E-state index >= 15 is 0 Å². The summed E-state index contributed by atoms with van der Waals surface area (Å²) in [5.74, 6) is 0.947. The van der Waals surface area contributed by atoms with Gasteiger partial charge in [-0.1, -0.05) is 6.92 Å². The lowest BCUT2D eigenvalue weighted by Crippen LogP contribution is -2.32. The number of hydrogen-bond acceptors (Lipinski definition) is 3. The first-order valence-electron chi connectivity index (χ1n) is 6.28. The lowest BCUT2D eigenvalue weighted by atomic mass is 9.94. The van der Waals surface area contributed by atoms with Gasteiger partial charge in [0.15, 0.2) is 0 Å². The summed E-state index contributed by atoms with van der Waals surface area (Å²) in [5.41, 5.74) is 0. The highest BCUT2D eigenvalue weighted by Gasteiger charge is 2.13.